The molecule has 1 fully saturated rings. The van der Waals surface area contributed by atoms with E-state index in [-0.39, 0.29) is 11.8 Å². The maximum atomic E-state index is 13.6. The number of fused-ring (bicyclic) bond motifs is 3. The normalized spacial score (nSPS) is 17.1. The Labute approximate surface area is 204 Å². The van der Waals surface area contributed by atoms with Crippen molar-refractivity contribution < 1.29 is 4.79 Å². The van der Waals surface area contributed by atoms with Crippen LogP contribution in [0.15, 0.2) is 30.6 Å². The van der Waals surface area contributed by atoms with E-state index in [1.807, 2.05) is 40.5 Å². The summed E-state index contributed by atoms with van der Waals surface area (Å²) in [4.78, 5) is 29.7. The molecule has 1 aliphatic heterocycles. The van der Waals surface area contributed by atoms with Crippen molar-refractivity contribution in [2.45, 2.75) is 45.1 Å². The summed E-state index contributed by atoms with van der Waals surface area (Å²) in [5, 5.41) is 5.38. The van der Waals surface area contributed by atoms with Crippen molar-refractivity contribution in [3.63, 3.8) is 0 Å². The molecule has 1 aliphatic carbocycles. The van der Waals surface area contributed by atoms with Gasteiger partial charge in [0.25, 0.3) is 0 Å². The number of aryl methyl sites for hydroxylation is 2. The first-order valence-corrected chi connectivity index (χ1v) is 13.0. The van der Waals surface area contributed by atoms with Crippen molar-refractivity contribution in [2.24, 2.45) is 0 Å². The Hall–Kier alpha value is -2.22. The number of hydrogen-bond acceptors (Lipinski definition) is 6. The fourth-order valence-corrected chi connectivity index (χ4v) is 6.26. The minimum absolute atomic E-state index is 0.175. The van der Waals surface area contributed by atoms with Gasteiger partial charge in [-0.25, -0.2) is 9.97 Å². The number of hydrogen-bond donors (Lipinski definition) is 1. The Morgan fingerprint density at radius 3 is 2.61 bits per heavy atom. The highest BCUT2D eigenvalue weighted by molar-refractivity contribution is 7.19. The van der Waals surface area contributed by atoms with Gasteiger partial charge < -0.3 is 15.1 Å². The highest BCUT2D eigenvalue weighted by Gasteiger charge is 2.30. The van der Waals surface area contributed by atoms with E-state index in [1.54, 1.807) is 6.33 Å². The number of aromatic nitrogens is 2. The molecule has 1 saturated heterocycles. The Kier molecular flexibility index (Phi) is 6.54. The molecule has 8 heteroatoms. The maximum absolute atomic E-state index is 13.6. The third-order valence-electron chi connectivity index (χ3n) is 6.67. The molecule has 0 saturated carbocycles. The Balaban J connectivity index is 1.32. The van der Waals surface area contributed by atoms with Crippen LogP contribution >= 0.6 is 22.9 Å². The van der Waals surface area contributed by atoms with Crippen molar-refractivity contribution in [3.05, 3.63) is 51.6 Å². The topological polar surface area (TPSA) is 61.4 Å². The average molecular weight is 484 g/mol. The van der Waals surface area contributed by atoms with E-state index < -0.39 is 0 Å². The summed E-state index contributed by atoms with van der Waals surface area (Å²) in [7, 11) is 0. The lowest BCUT2D eigenvalue weighted by atomic mass is 9.96. The van der Waals surface area contributed by atoms with Gasteiger partial charge in [-0.3, -0.25) is 4.79 Å². The van der Waals surface area contributed by atoms with Crippen LogP contribution < -0.4 is 10.2 Å². The quantitative estimate of drug-likeness (QED) is 0.567. The van der Waals surface area contributed by atoms with Crippen molar-refractivity contribution in [2.75, 3.05) is 37.6 Å². The smallest absolute Gasteiger partial charge is 0.231 e. The summed E-state index contributed by atoms with van der Waals surface area (Å²) >= 11 is 7.91. The molecule has 33 heavy (non-hydrogen) atoms. The molecule has 2 aromatic heterocycles. The van der Waals surface area contributed by atoms with Crippen LogP contribution in [0.25, 0.3) is 10.2 Å². The second kappa shape index (κ2) is 9.57. The molecule has 0 bridgehead atoms. The molecule has 5 rings (SSSR count). The molecule has 6 nitrogen and oxygen atoms in total. The predicted molar refractivity (Wildman–Crippen MR) is 136 cm³/mol. The number of carbonyl (C=O) groups is 1. The molecule has 1 aromatic carbocycles. The monoisotopic (exact) mass is 483 g/mol. The minimum Gasteiger partial charge on any atom is -0.352 e. The summed E-state index contributed by atoms with van der Waals surface area (Å²) < 4.78 is 0. The predicted octanol–water partition coefficient (Wildman–Crippen LogP) is 4.26. The van der Waals surface area contributed by atoms with Gasteiger partial charge in [0.15, 0.2) is 0 Å². The molecule has 2 aliphatic rings. The number of nitrogens with one attached hydrogen (secondary N) is 1. The van der Waals surface area contributed by atoms with E-state index in [0.717, 1.165) is 42.1 Å². The lowest BCUT2D eigenvalue weighted by Gasteiger charge is -2.37. The lowest BCUT2D eigenvalue weighted by molar-refractivity contribution is -0.133. The number of nitrogens with zero attached hydrogens (tertiary/aromatic N) is 4. The van der Waals surface area contributed by atoms with Gasteiger partial charge in [-0.2, -0.15) is 0 Å². The SMILES string of the molecule is CC(C)NCC(C(=O)N1CCN(c2ncnc3sc4c(c23)CCC4)CC1)c1ccc(Cl)cc1. The zero-order valence-corrected chi connectivity index (χ0v) is 20.8. The molecule has 0 spiro atoms. The molecule has 1 N–H and O–H groups in total. The van der Waals surface area contributed by atoms with Crippen LogP contribution in [0, 0.1) is 0 Å². The van der Waals surface area contributed by atoms with E-state index in [1.165, 1.54) is 22.2 Å². The van der Waals surface area contributed by atoms with Gasteiger partial charge in [-0.05, 0) is 42.5 Å². The Bertz CT molecular complexity index is 1140. The fraction of sp³-hybridized carbons (Fsp3) is 0.480. The third kappa shape index (κ3) is 4.59. The number of thiophene rings is 1. The summed E-state index contributed by atoms with van der Waals surface area (Å²) in [5.41, 5.74) is 2.46. The van der Waals surface area contributed by atoms with Crippen molar-refractivity contribution in [3.8, 4) is 0 Å². The highest BCUT2D eigenvalue weighted by atomic mass is 35.5. The second-order valence-electron chi connectivity index (χ2n) is 9.21. The van der Waals surface area contributed by atoms with Gasteiger partial charge in [-0.1, -0.05) is 37.6 Å². The maximum Gasteiger partial charge on any atom is 0.231 e. The van der Waals surface area contributed by atoms with Gasteiger partial charge in [0.2, 0.25) is 5.91 Å². The van der Waals surface area contributed by atoms with Gasteiger partial charge in [0, 0.05) is 48.7 Å². The number of amides is 1. The molecule has 1 atom stereocenters. The zero-order valence-electron chi connectivity index (χ0n) is 19.2. The van der Waals surface area contributed by atoms with Crippen LogP contribution in [0.5, 0.6) is 0 Å². The molecular weight excluding hydrogens is 454 g/mol. The van der Waals surface area contributed by atoms with Gasteiger partial charge in [0.05, 0.1) is 11.3 Å². The van der Waals surface area contributed by atoms with Gasteiger partial charge >= 0.3 is 0 Å². The number of benzene rings is 1. The van der Waals surface area contributed by atoms with Crippen LogP contribution in [-0.4, -0.2) is 59.5 Å². The van der Waals surface area contributed by atoms with Crippen molar-refractivity contribution in [1.82, 2.24) is 20.2 Å². The Morgan fingerprint density at radius 1 is 1.12 bits per heavy atom. The lowest BCUT2D eigenvalue weighted by Crippen LogP contribution is -2.51. The number of anilines is 1. The van der Waals surface area contributed by atoms with Crippen LogP contribution in [0.2, 0.25) is 5.02 Å². The molecule has 3 heterocycles. The van der Waals surface area contributed by atoms with Crippen LogP contribution in [0.3, 0.4) is 0 Å². The van der Waals surface area contributed by atoms with Gasteiger partial charge in [-0.15, -0.1) is 11.3 Å². The van der Waals surface area contributed by atoms with Crippen LogP contribution in [0.4, 0.5) is 5.82 Å². The van der Waals surface area contributed by atoms with Crippen molar-refractivity contribution in [1.29, 1.82) is 0 Å². The number of carbonyl (C=O) groups excluding carboxylic acids is 1. The highest BCUT2D eigenvalue weighted by Crippen LogP contribution is 2.40. The molecule has 174 valence electrons. The zero-order chi connectivity index (χ0) is 22.9. The summed E-state index contributed by atoms with van der Waals surface area (Å²) in [6.45, 7) is 7.79. The summed E-state index contributed by atoms with van der Waals surface area (Å²) in [6, 6.07) is 7.99. The number of piperazine rings is 1. The molecule has 1 amide bonds. The average Bonchev–Trinajstić information content (AvgIpc) is 3.41. The number of halogens is 1. The van der Waals surface area contributed by atoms with E-state index >= 15 is 0 Å². The first-order chi connectivity index (χ1) is 16.0. The van der Waals surface area contributed by atoms with Crippen molar-refractivity contribution >= 4 is 44.9 Å². The van der Waals surface area contributed by atoms with E-state index in [9.17, 15) is 4.79 Å². The standard InChI is InChI=1S/C25H30ClN5OS/c1-16(2)27-14-20(17-6-8-18(26)9-7-17)25(32)31-12-10-30(11-13-31)23-22-19-4-3-5-21(19)33-24(22)29-15-28-23/h6-9,15-16,20,27H,3-5,10-14H2,1-2H3. The molecule has 0 radical (unpaired) electrons. The van der Waals surface area contributed by atoms with Crippen LogP contribution in [-0.2, 0) is 17.6 Å². The second-order valence-corrected chi connectivity index (χ2v) is 10.7. The number of rotatable bonds is 6. The first kappa shape index (κ1) is 22.6. The summed E-state index contributed by atoms with van der Waals surface area (Å²) in [6.07, 6.45) is 5.20. The fourth-order valence-electron chi connectivity index (χ4n) is 4.91. The van der Waals surface area contributed by atoms with Gasteiger partial charge in [0.1, 0.15) is 17.0 Å². The van der Waals surface area contributed by atoms with E-state index in [4.69, 9.17) is 11.6 Å². The summed E-state index contributed by atoms with van der Waals surface area (Å²) in [5.74, 6) is 0.999. The van der Waals surface area contributed by atoms with E-state index in [2.05, 4.69) is 34.0 Å². The molecular formula is C25H30ClN5OS. The molecule has 3 aromatic rings. The minimum atomic E-state index is -0.220. The first-order valence-electron chi connectivity index (χ1n) is 11.8. The van der Waals surface area contributed by atoms with Crippen LogP contribution in [0.1, 0.15) is 42.2 Å². The molecule has 1 unspecified atom stereocenters. The largest absolute Gasteiger partial charge is 0.352 e. The Morgan fingerprint density at radius 2 is 1.88 bits per heavy atom. The third-order valence-corrected chi connectivity index (χ3v) is 8.12. The van der Waals surface area contributed by atoms with E-state index in [0.29, 0.717) is 30.7 Å².